The van der Waals surface area contributed by atoms with Crippen molar-refractivity contribution in [3.05, 3.63) is 41.1 Å². The molecule has 1 N–H and O–H groups in total. The largest absolute Gasteiger partial charge is 0.497 e. The summed E-state index contributed by atoms with van der Waals surface area (Å²) in [5.74, 6) is 0.286. The Morgan fingerprint density at radius 2 is 1.95 bits per heavy atom. The second kappa shape index (κ2) is 6.51. The summed E-state index contributed by atoms with van der Waals surface area (Å²) in [6, 6.07) is 6.43. The zero-order valence-corrected chi connectivity index (χ0v) is 13.2. The van der Waals surface area contributed by atoms with Crippen molar-refractivity contribution < 1.29 is 19.1 Å². The van der Waals surface area contributed by atoms with Gasteiger partial charge in [0.05, 0.1) is 25.3 Å². The Labute approximate surface area is 129 Å². The van der Waals surface area contributed by atoms with Gasteiger partial charge in [-0.15, -0.1) is 0 Å². The minimum absolute atomic E-state index is 0.258. The van der Waals surface area contributed by atoms with E-state index in [9.17, 15) is 9.59 Å². The van der Waals surface area contributed by atoms with Crippen LogP contribution in [0.4, 0.5) is 4.79 Å². The number of urea groups is 1. The monoisotopic (exact) mass is 304 g/mol. The normalized spacial score (nSPS) is 18.1. The average Bonchev–Trinajstić information content (AvgIpc) is 2.52. The zero-order chi connectivity index (χ0) is 16.3. The van der Waals surface area contributed by atoms with Crippen LogP contribution in [0.2, 0.25) is 0 Å². The van der Waals surface area contributed by atoms with Crippen LogP contribution in [-0.4, -0.2) is 37.7 Å². The fraction of sp³-hybridized carbons (Fsp3) is 0.375. The lowest BCUT2D eigenvalue weighted by atomic mass is 9.95. The van der Waals surface area contributed by atoms with Gasteiger partial charge in [-0.25, -0.2) is 9.59 Å². The van der Waals surface area contributed by atoms with Crippen LogP contribution in [0.1, 0.15) is 25.5 Å². The van der Waals surface area contributed by atoms with Crippen molar-refractivity contribution in [3.63, 3.8) is 0 Å². The third-order valence-corrected chi connectivity index (χ3v) is 3.70. The van der Waals surface area contributed by atoms with E-state index in [-0.39, 0.29) is 12.6 Å². The van der Waals surface area contributed by atoms with Crippen LogP contribution >= 0.6 is 0 Å². The molecule has 6 heteroatoms. The van der Waals surface area contributed by atoms with E-state index in [0.29, 0.717) is 17.0 Å². The van der Waals surface area contributed by atoms with Crippen LogP contribution < -0.4 is 10.1 Å². The van der Waals surface area contributed by atoms with E-state index in [1.807, 2.05) is 12.1 Å². The number of carbonyl (C=O) groups is 2. The number of carbonyl (C=O) groups excluding carboxylic acids is 2. The molecule has 0 saturated heterocycles. The van der Waals surface area contributed by atoms with E-state index < -0.39 is 12.0 Å². The number of nitrogens with one attached hydrogen (secondary N) is 1. The first-order chi connectivity index (χ1) is 10.5. The fourth-order valence-corrected chi connectivity index (χ4v) is 2.36. The van der Waals surface area contributed by atoms with Crippen molar-refractivity contribution in [1.82, 2.24) is 10.2 Å². The van der Waals surface area contributed by atoms with Gasteiger partial charge in [-0.05, 0) is 31.5 Å². The lowest BCUT2D eigenvalue weighted by molar-refractivity contribution is -0.139. The van der Waals surface area contributed by atoms with Gasteiger partial charge in [0.15, 0.2) is 0 Å². The molecule has 6 nitrogen and oxygen atoms in total. The predicted molar refractivity (Wildman–Crippen MR) is 81.4 cm³/mol. The summed E-state index contributed by atoms with van der Waals surface area (Å²) in [4.78, 5) is 25.7. The Morgan fingerprint density at radius 3 is 2.50 bits per heavy atom. The topological polar surface area (TPSA) is 67.9 Å². The van der Waals surface area contributed by atoms with Gasteiger partial charge in [0.25, 0.3) is 0 Å². The quantitative estimate of drug-likeness (QED) is 0.866. The molecule has 0 saturated carbocycles. The van der Waals surface area contributed by atoms with E-state index in [4.69, 9.17) is 9.47 Å². The highest BCUT2D eigenvalue weighted by Crippen LogP contribution is 2.31. The third-order valence-electron chi connectivity index (χ3n) is 3.70. The Morgan fingerprint density at radius 1 is 1.32 bits per heavy atom. The molecule has 1 aliphatic heterocycles. The summed E-state index contributed by atoms with van der Waals surface area (Å²) in [6.45, 7) is 3.77. The molecule has 2 rings (SSSR count). The Bertz CT molecular complexity index is 607. The molecule has 0 spiro atoms. The smallest absolute Gasteiger partial charge is 0.338 e. The molecule has 2 amide bonds. The highest BCUT2D eigenvalue weighted by atomic mass is 16.5. The predicted octanol–water partition coefficient (Wildman–Crippen LogP) is 2.23. The van der Waals surface area contributed by atoms with Crippen LogP contribution in [0, 0.1) is 0 Å². The van der Waals surface area contributed by atoms with Crippen molar-refractivity contribution in [2.45, 2.75) is 19.9 Å². The molecular weight excluding hydrogens is 284 g/mol. The maximum Gasteiger partial charge on any atom is 0.338 e. The fourth-order valence-electron chi connectivity index (χ4n) is 2.36. The van der Waals surface area contributed by atoms with Crippen molar-refractivity contribution in [3.8, 4) is 5.75 Å². The van der Waals surface area contributed by atoms with Crippen molar-refractivity contribution in [2.75, 3.05) is 20.8 Å². The standard InChI is InChI=1S/C16H20N2O4/c1-5-22-15(19)13-10(2)18(3)16(20)17-14(13)11-6-8-12(21-4)9-7-11/h6-9,14H,5H2,1-4H3,(H,17,20)/t14-/m1/s1. The molecule has 1 aliphatic rings. The lowest BCUT2D eigenvalue weighted by Crippen LogP contribution is -2.46. The van der Waals surface area contributed by atoms with Gasteiger partial charge in [0.2, 0.25) is 0 Å². The molecule has 0 fully saturated rings. The number of allylic oxidation sites excluding steroid dienone is 1. The van der Waals surface area contributed by atoms with Gasteiger partial charge in [-0.2, -0.15) is 0 Å². The number of nitrogens with zero attached hydrogens (tertiary/aromatic N) is 1. The number of methoxy groups -OCH3 is 1. The molecular formula is C16H20N2O4. The van der Waals surface area contributed by atoms with E-state index >= 15 is 0 Å². The molecule has 0 aromatic heterocycles. The van der Waals surface area contributed by atoms with Gasteiger partial charge in [0, 0.05) is 12.7 Å². The molecule has 1 atom stereocenters. The van der Waals surface area contributed by atoms with Gasteiger partial charge in [-0.3, -0.25) is 0 Å². The van der Waals surface area contributed by atoms with E-state index in [1.165, 1.54) is 4.90 Å². The van der Waals surface area contributed by atoms with Crippen LogP contribution in [0.5, 0.6) is 5.75 Å². The first-order valence-corrected chi connectivity index (χ1v) is 7.05. The lowest BCUT2D eigenvalue weighted by Gasteiger charge is -2.33. The summed E-state index contributed by atoms with van der Waals surface area (Å²) in [5.41, 5.74) is 1.82. The summed E-state index contributed by atoms with van der Waals surface area (Å²) in [6.07, 6.45) is 0. The second-order valence-corrected chi connectivity index (χ2v) is 4.93. The van der Waals surface area contributed by atoms with Crippen LogP contribution in [0.15, 0.2) is 35.5 Å². The van der Waals surface area contributed by atoms with Crippen molar-refractivity contribution >= 4 is 12.0 Å². The second-order valence-electron chi connectivity index (χ2n) is 4.93. The molecule has 0 unspecified atom stereocenters. The van der Waals surface area contributed by atoms with E-state index in [2.05, 4.69) is 5.32 Å². The summed E-state index contributed by atoms with van der Waals surface area (Å²) < 4.78 is 10.3. The first kappa shape index (κ1) is 15.9. The first-order valence-electron chi connectivity index (χ1n) is 7.05. The summed E-state index contributed by atoms with van der Waals surface area (Å²) >= 11 is 0. The Kier molecular flexibility index (Phi) is 4.70. The minimum Gasteiger partial charge on any atom is -0.497 e. The molecule has 0 aliphatic carbocycles. The van der Waals surface area contributed by atoms with Crippen molar-refractivity contribution in [2.24, 2.45) is 0 Å². The maximum atomic E-state index is 12.3. The number of benzene rings is 1. The molecule has 1 aromatic rings. The van der Waals surface area contributed by atoms with Gasteiger partial charge >= 0.3 is 12.0 Å². The zero-order valence-electron chi connectivity index (χ0n) is 13.2. The molecule has 0 bridgehead atoms. The number of esters is 1. The summed E-state index contributed by atoms with van der Waals surface area (Å²) in [5, 5.41) is 2.83. The van der Waals surface area contributed by atoms with Crippen LogP contribution in [0.25, 0.3) is 0 Å². The summed E-state index contributed by atoms with van der Waals surface area (Å²) in [7, 11) is 3.20. The Hall–Kier alpha value is -2.50. The molecule has 0 radical (unpaired) electrons. The average molecular weight is 304 g/mol. The molecule has 1 heterocycles. The number of hydrogen-bond donors (Lipinski definition) is 1. The van der Waals surface area contributed by atoms with Crippen LogP contribution in [-0.2, 0) is 9.53 Å². The maximum absolute atomic E-state index is 12.3. The number of ether oxygens (including phenoxy) is 2. The van der Waals surface area contributed by atoms with Gasteiger partial charge < -0.3 is 19.7 Å². The molecule has 22 heavy (non-hydrogen) atoms. The van der Waals surface area contributed by atoms with E-state index in [1.54, 1.807) is 40.1 Å². The molecule has 118 valence electrons. The highest BCUT2D eigenvalue weighted by Gasteiger charge is 2.34. The van der Waals surface area contributed by atoms with Gasteiger partial charge in [-0.1, -0.05) is 12.1 Å². The number of amides is 2. The minimum atomic E-state index is -0.534. The highest BCUT2D eigenvalue weighted by molar-refractivity contribution is 5.94. The number of hydrogen-bond acceptors (Lipinski definition) is 4. The van der Waals surface area contributed by atoms with E-state index in [0.717, 1.165) is 5.56 Å². The van der Waals surface area contributed by atoms with Gasteiger partial charge in [0.1, 0.15) is 5.75 Å². The van der Waals surface area contributed by atoms with Crippen LogP contribution in [0.3, 0.4) is 0 Å². The third kappa shape index (κ3) is 2.90. The molecule has 1 aromatic carbocycles. The SMILES string of the molecule is CCOC(=O)C1=C(C)N(C)C(=O)N[C@@H]1c1ccc(OC)cc1. The number of rotatable bonds is 4. The Balaban J connectivity index is 2.45. The van der Waals surface area contributed by atoms with Crippen molar-refractivity contribution in [1.29, 1.82) is 0 Å².